The van der Waals surface area contributed by atoms with Crippen molar-refractivity contribution in [1.29, 1.82) is 0 Å². The van der Waals surface area contributed by atoms with Gasteiger partial charge in [-0.2, -0.15) is 0 Å². The van der Waals surface area contributed by atoms with Gasteiger partial charge in [-0.3, -0.25) is 24.0 Å². The van der Waals surface area contributed by atoms with E-state index in [4.69, 9.17) is 42.6 Å². The van der Waals surface area contributed by atoms with Gasteiger partial charge in [0.05, 0.1) is 53.9 Å². The Morgan fingerprint density at radius 3 is 1.75 bits per heavy atom. The van der Waals surface area contributed by atoms with Crippen molar-refractivity contribution >= 4 is 28.9 Å². The smallest absolute Gasteiger partial charge is 0.198 e. The van der Waals surface area contributed by atoms with E-state index in [2.05, 4.69) is 0 Å². The number of aliphatic hydroxyl groups is 1. The molecule has 2 aliphatic carbocycles. The van der Waals surface area contributed by atoms with E-state index in [9.17, 15) is 34.2 Å². The van der Waals surface area contributed by atoms with E-state index in [1.807, 2.05) is 20.8 Å². The monoisotopic (exact) mass is 904 g/mol. The maximum absolute atomic E-state index is 14.3. The molecule has 5 aliphatic heterocycles. The summed E-state index contributed by atoms with van der Waals surface area (Å²) in [5.74, 6) is -1.76. The number of phenols is 1. The number of carbonyl (C=O) groups is 5. The van der Waals surface area contributed by atoms with Crippen LogP contribution in [0.25, 0.3) is 0 Å². The molecule has 5 fully saturated rings. The first-order chi connectivity index (χ1) is 31.0. The first-order valence-electron chi connectivity index (χ1n) is 23.3. The molecule has 0 spiro atoms. The summed E-state index contributed by atoms with van der Waals surface area (Å²) in [4.78, 5) is 66.4. The second kappa shape index (κ2) is 18.4. The Morgan fingerprint density at radius 1 is 0.600 bits per heavy atom. The van der Waals surface area contributed by atoms with Crippen molar-refractivity contribution < 1.29 is 76.8 Å². The lowest BCUT2D eigenvalue weighted by atomic mass is 9.73. The van der Waals surface area contributed by atoms with Gasteiger partial charge in [0.25, 0.3) is 0 Å². The summed E-state index contributed by atoms with van der Waals surface area (Å²) in [6.45, 7) is 10.8. The summed E-state index contributed by atoms with van der Waals surface area (Å²) in [5, 5.41) is 23.1. The molecule has 2 aromatic carbocycles. The number of Topliss-reactive ketones (excluding diaryl/α,β-unsaturated/α-hetero) is 3. The molecule has 16 heteroatoms. The summed E-state index contributed by atoms with van der Waals surface area (Å²) in [7, 11) is 0. The van der Waals surface area contributed by atoms with Gasteiger partial charge in [-0.05, 0) is 72.1 Å². The maximum atomic E-state index is 14.3. The summed E-state index contributed by atoms with van der Waals surface area (Å²) >= 11 is 0. The molecule has 5 saturated heterocycles. The standard InChI is InChI=1S/C49H60O16/c1-22-31(50)11-15-38(58-22)62-35-13-17-40(60-24(35)3)64-48-26(5)57-37(19-33(48)52)28-9-10-30-44(45(28)54)47(56)29-8-7-27-20-49(6,21-34(53)42(27)43(29)46(30)55)65-41-18-14-36(25(4)61-41)63-39-16-12-32(51)23(2)59-39/h7-10,22-26,33,35-41,48,52,54H,11-21H2,1-6H3/t22-,23-,24-,25-,26+,33+,35-,36-,37?,38-,39-,40-,41-,48+,49+/m0/s1. The van der Waals surface area contributed by atoms with Crippen LogP contribution < -0.4 is 0 Å². The number of rotatable bonds is 9. The fourth-order valence-corrected chi connectivity index (χ4v) is 10.7. The topological polar surface area (TPSA) is 209 Å². The second-order valence-corrected chi connectivity index (χ2v) is 19.2. The first-order valence-corrected chi connectivity index (χ1v) is 23.3. The number of benzene rings is 2. The minimum atomic E-state index is -1.02. The third kappa shape index (κ3) is 9.16. The van der Waals surface area contributed by atoms with Gasteiger partial charge in [0.15, 0.2) is 54.1 Å². The Morgan fingerprint density at radius 2 is 1.15 bits per heavy atom. The molecule has 2 aromatic rings. The van der Waals surface area contributed by atoms with Gasteiger partial charge < -0.3 is 52.8 Å². The molecule has 65 heavy (non-hydrogen) atoms. The minimum Gasteiger partial charge on any atom is -0.507 e. The van der Waals surface area contributed by atoms with Crippen molar-refractivity contribution in [3.05, 3.63) is 63.2 Å². The summed E-state index contributed by atoms with van der Waals surface area (Å²) in [6.07, 6.45) is -3.31. The molecule has 352 valence electrons. The highest BCUT2D eigenvalue weighted by molar-refractivity contribution is 6.32. The zero-order valence-corrected chi connectivity index (χ0v) is 37.8. The van der Waals surface area contributed by atoms with Gasteiger partial charge in [0.1, 0.15) is 24.1 Å². The van der Waals surface area contributed by atoms with Crippen molar-refractivity contribution in [1.82, 2.24) is 0 Å². The molecular weight excluding hydrogens is 845 g/mol. The van der Waals surface area contributed by atoms with Gasteiger partial charge >= 0.3 is 0 Å². The van der Waals surface area contributed by atoms with E-state index in [0.29, 0.717) is 63.4 Å². The Kier molecular flexibility index (Phi) is 13.1. The minimum absolute atomic E-state index is 0.0196. The van der Waals surface area contributed by atoms with Crippen molar-refractivity contribution in [3.8, 4) is 5.75 Å². The molecule has 0 amide bonds. The average molecular weight is 905 g/mol. The van der Waals surface area contributed by atoms with E-state index in [1.54, 1.807) is 26.8 Å². The lowest BCUT2D eigenvalue weighted by Crippen LogP contribution is -2.50. The number of hydrogen-bond donors (Lipinski definition) is 2. The van der Waals surface area contributed by atoms with Gasteiger partial charge in [-0.1, -0.05) is 12.1 Å². The van der Waals surface area contributed by atoms with Crippen LogP contribution >= 0.6 is 0 Å². The van der Waals surface area contributed by atoms with Crippen molar-refractivity contribution in [3.63, 3.8) is 0 Å². The number of phenolic OH excluding ortho intramolecular Hbond substituents is 1. The quantitative estimate of drug-likeness (QED) is 0.265. The molecule has 2 N–H and O–H groups in total. The normalized spacial score (nSPS) is 38.8. The molecule has 0 bridgehead atoms. The molecule has 9 rings (SSSR count). The number of carbonyl (C=O) groups excluding carboxylic acids is 5. The van der Waals surface area contributed by atoms with Crippen LogP contribution in [0.4, 0.5) is 0 Å². The zero-order chi connectivity index (χ0) is 46.1. The zero-order valence-electron chi connectivity index (χ0n) is 37.8. The Labute approximate surface area is 377 Å². The van der Waals surface area contributed by atoms with E-state index >= 15 is 0 Å². The second-order valence-electron chi connectivity index (χ2n) is 19.2. The van der Waals surface area contributed by atoms with Gasteiger partial charge in [0.2, 0.25) is 0 Å². The molecule has 0 saturated carbocycles. The molecule has 0 aromatic heterocycles. The molecular formula is C49H60O16. The largest absolute Gasteiger partial charge is 0.507 e. The number of fused-ring (bicyclic) bond motifs is 4. The van der Waals surface area contributed by atoms with Gasteiger partial charge in [0, 0.05) is 85.6 Å². The fourth-order valence-electron chi connectivity index (χ4n) is 10.7. The summed E-state index contributed by atoms with van der Waals surface area (Å²) in [6, 6.07) is 6.21. The highest BCUT2D eigenvalue weighted by Gasteiger charge is 2.47. The van der Waals surface area contributed by atoms with Crippen LogP contribution in [-0.2, 0) is 58.6 Å². The van der Waals surface area contributed by atoms with Crippen LogP contribution in [0.3, 0.4) is 0 Å². The maximum Gasteiger partial charge on any atom is 0.198 e. The van der Waals surface area contributed by atoms with E-state index in [1.165, 1.54) is 18.2 Å². The number of ketones is 5. The number of ether oxygens (including phenoxy) is 9. The van der Waals surface area contributed by atoms with E-state index in [0.717, 1.165) is 0 Å². The Hall–Kier alpha value is -3.81. The molecule has 1 unspecified atom stereocenters. The van der Waals surface area contributed by atoms with Crippen molar-refractivity contribution in [2.75, 3.05) is 0 Å². The fraction of sp³-hybridized carbons (Fsp3) is 0.653. The van der Waals surface area contributed by atoms with Crippen LogP contribution in [0.15, 0.2) is 24.3 Å². The predicted molar refractivity (Wildman–Crippen MR) is 226 cm³/mol. The Balaban J connectivity index is 0.828. The van der Waals surface area contributed by atoms with E-state index in [-0.39, 0.29) is 88.0 Å². The third-order valence-corrected chi connectivity index (χ3v) is 14.2. The van der Waals surface area contributed by atoms with Crippen LogP contribution in [0, 0.1) is 0 Å². The lowest BCUT2D eigenvalue weighted by molar-refractivity contribution is -0.298. The number of aliphatic hydroxyl groups excluding tert-OH is 1. The van der Waals surface area contributed by atoms with Crippen LogP contribution in [0.2, 0.25) is 0 Å². The predicted octanol–water partition coefficient (Wildman–Crippen LogP) is 5.68. The SMILES string of the molecule is C[C@@H]1O[C@@H](O[C@H]2CC[C@H](O[C@H]3[C@H](O)CC(c4ccc5c(c4O)C(=O)c4ccc6c(c4C5=O)C(=O)C[C@](C)(O[C@H]4CC[C@H](O[C@H]5CCC(=O)[C@H](C)O5)[C@H](C)O4)C6)O[C@@H]3C)O[C@H]2C)CCC1=O. The summed E-state index contributed by atoms with van der Waals surface area (Å²) in [5.41, 5.74) is -0.0962. The molecule has 16 nitrogen and oxygen atoms in total. The van der Waals surface area contributed by atoms with Crippen molar-refractivity contribution in [2.24, 2.45) is 0 Å². The van der Waals surface area contributed by atoms with Crippen LogP contribution in [-0.4, -0.2) is 125 Å². The van der Waals surface area contributed by atoms with Gasteiger partial charge in [-0.15, -0.1) is 0 Å². The molecule has 15 atom stereocenters. The highest BCUT2D eigenvalue weighted by atomic mass is 16.7. The van der Waals surface area contributed by atoms with Gasteiger partial charge in [-0.25, -0.2) is 0 Å². The molecule has 0 radical (unpaired) electrons. The number of hydrogen-bond acceptors (Lipinski definition) is 16. The molecule has 7 aliphatic rings. The van der Waals surface area contributed by atoms with Crippen LogP contribution in [0.1, 0.15) is 165 Å². The third-order valence-electron chi connectivity index (χ3n) is 14.2. The van der Waals surface area contributed by atoms with Crippen LogP contribution in [0.5, 0.6) is 5.75 Å². The molecule has 5 heterocycles. The van der Waals surface area contributed by atoms with E-state index < -0.39 is 84.7 Å². The lowest BCUT2D eigenvalue weighted by Gasteiger charge is -2.43. The Bertz CT molecular complexity index is 2210. The highest BCUT2D eigenvalue weighted by Crippen LogP contribution is 2.45. The van der Waals surface area contributed by atoms with Crippen molar-refractivity contribution in [2.45, 2.75) is 204 Å². The summed E-state index contributed by atoms with van der Waals surface area (Å²) < 4.78 is 55.2. The average Bonchev–Trinajstić information content (AvgIpc) is 3.25. The number of aromatic hydroxyl groups is 1. The first kappa shape index (κ1) is 46.3.